The first-order valence-corrected chi connectivity index (χ1v) is 14.3. The Morgan fingerprint density at radius 1 is 1.10 bits per heavy atom. The number of pyridine rings is 2. The molecule has 4 heterocycles. The van der Waals surface area contributed by atoms with Gasteiger partial charge in [-0.05, 0) is 50.6 Å². The van der Waals surface area contributed by atoms with Crippen molar-refractivity contribution in [1.82, 2.24) is 19.4 Å². The lowest BCUT2D eigenvalue weighted by atomic mass is 9.99. The van der Waals surface area contributed by atoms with Crippen LogP contribution >= 0.6 is 0 Å². The molecule has 2 saturated heterocycles. The van der Waals surface area contributed by atoms with Crippen LogP contribution in [-0.2, 0) is 11.8 Å². The first kappa shape index (κ1) is 28.9. The van der Waals surface area contributed by atoms with Gasteiger partial charge >= 0.3 is 0 Å². The molecule has 0 N–H and O–H groups in total. The first-order chi connectivity index (χ1) is 19.8. The molecule has 0 radical (unpaired) electrons. The van der Waals surface area contributed by atoms with Crippen molar-refractivity contribution in [2.75, 3.05) is 64.6 Å². The molecule has 10 nitrogen and oxygen atoms in total. The lowest BCUT2D eigenvalue weighted by Gasteiger charge is -2.47. The van der Waals surface area contributed by atoms with E-state index in [1.165, 1.54) is 5.56 Å². The minimum Gasteiger partial charge on any atom is -0.493 e. The number of anilines is 1. The van der Waals surface area contributed by atoms with Crippen molar-refractivity contribution in [2.24, 2.45) is 7.05 Å². The van der Waals surface area contributed by atoms with E-state index in [0.717, 1.165) is 68.6 Å². The summed E-state index contributed by atoms with van der Waals surface area (Å²) < 4.78 is 18.9. The Morgan fingerprint density at radius 2 is 1.88 bits per heavy atom. The van der Waals surface area contributed by atoms with E-state index in [9.17, 15) is 4.79 Å². The van der Waals surface area contributed by atoms with Crippen LogP contribution in [0.5, 0.6) is 11.5 Å². The predicted octanol–water partition coefficient (Wildman–Crippen LogP) is 3.86. The Morgan fingerprint density at radius 3 is 2.61 bits per heavy atom. The van der Waals surface area contributed by atoms with Crippen LogP contribution in [-0.4, -0.2) is 91.1 Å². The van der Waals surface area contributed by atoms with Crippen LogP contribution in [0.15, 0.2) is 41.2 Å². The molecule has 2 aliphatic rings. The molecule has 5 rings (SSSR count). The third-order valence-corrected chi connectivity index (χ3v) is 8.45. The van der Waals surface area contributed by atoms with Crippen molar-refractivity contribution < 1.29 is 14.2 Å². The molecule has 1 aromatic carbocycles. The third kappa shape index (κ3) is 6.03. The van der Waals surface area contributed by atoms with Crippen molar-refractivity contribution >= 4 is 22.5 Å². The number of aromatic nitrogens is 2. The molecule has 3 aromatic rings. The van der Waals surface area contributed by atoms with Gasteiger partial charge in [-0.25, -0.2) is 0 Å². The van der Waals surface area contributed by atoms with E-state index in [4.69, 9.17) is 20.8 Å². The van der Waals surface area contributed by atoms with Crippen molar-refractivity contribution in [3.63, 3.8) is 0 Å². The summed E-state index contributed by atoms with van der Waals surface area (Å²) >= 11 is 0. The van der Waals surface area contributed by atoms with Crippen LogP contribution in [0.4, 0.5) is 11.5 Å². The fourth-order valence-electron chi connectivity index (χ4n) is 5.98. The summed E-state index contributed by atoms with van der Waals surface area (Å²) in [5.74, 6) is 1.82. The summed E-state index contributed by atoms with van der Waals surface area (Å²) in [4.78, 5) is 28.1. The Labute approximate surface area is 241 Å². The number of methoxy groups -OCH3 is 1. The maximum absolute atomic E-state index is 12.9. The molecule has 0 spiro atoms. The average molecular weight is 561 g/mol. The van der Waals surface area contributed by atoms with E-state index in [2.05, 4.69) is 57.4 Å². The van der Waals surface area contributed by atoms with E-state index in [-0.39, 0.29) is 23.7 Å². The zero-order chi connectivity index (χ0) is 29.1. The number of morpholine rings is 1. The molecule has 41 heavy (non-hydrogen) atoms. The first-order valence-electron chi connectivity index (χ1n) is 14.3. The monoisotopic (exact) mass is 560 g/mol. The van der Waals surface area contributed by atoms with Crippen LogP contribution in [0.3, 0.4) is 0 Å². The van der Waals surface area contributed by atoms with Gasteiger partial charge in [-0.15, -0.1) is 4.98 Å². The lowest BCUT2D eigenvalue weighted by Crippen LogP contribution is -2.57. The molecular formula is C31H40N6O4. The summed E-state index contributed by atoms with van der Waals surface area (Å²) in [7, 11) is 3.42. The largest absolute Gasteiger partial charge is 0.493 e. The smallest absolute Gasteiger partial charge is 0.270 e. The molecule has 10 heteroatoms. The van der Waals surface area contributed by atoms with Crippen LogP contribution in [0.1, 0.15) is 32.4 Å². The predicted molar refractivity (Wildman–Crippen MR) is 160 cm³/mol. The van der Waals surface area contributed by atoms with Gasteiger partial charge in [-0.1, -0.05) is 12.6 Å². The molecule has 2 aliphatic heterocycles. The second kappa shape index (κ2) is 12.5. The molecule has 0 saturated carbocycles. The molecule has 0 amide bonds. The van der Waals surface area contributed by atoms with Gasteiger partial charge in [0.05, 0.1) is 31.5 Å². The van der Waals surface area contributed by atoms with Gasteiger partial charge in [0.1, 0.15) is 6.61 Å². The zero-order valence-electron chi connectivity index (χ0n) is 24.7. The van der Waals surface area contributed by atoms with Gasteiger partial charge < -0.3 is 28.5 Å². The summed E-state index contributed by atoms with van der Waals surface area (Å²) in [6.45, 7) is 20.5. The number of aryl methyl sites for hydroxylation is 1. The maximum atomic E-state index is 12.9. The maximum Gasteiger partial charge on any atom is 0.270 e. The number of hydrogen-bond acceptors (Lipinski definition) is 8. The number of fused-ring (bicyclic) bond motifs is 1. The van der Waals surface area contributed by atoms with Gasteiger partial charge in [-0.2, -0.15) is 0 Å². The highest BCUT2D eigenvalue weighted by molar-refractivity contribution is 5.89. The number of hydrogen-bond donors (Lipinski definition) is 0. The second-order valence-electron chi connectivity index (χ2n) is 11.0. The van der Waals surface area contributed by atoms with Crippen LogP contribution < -0.4 is 19.9 Å². The minimum atomic E-state index is -0.0834. The number of ether oxygens (including phenoxy) is 3. The molecule has 0 aliphatic carbocycles. The molecule has 0 bridgehead atoms. The number of nitrogens with zero attached hydrogens (tertiary/aromatic N) is 6. The summed E-state index contributed by atoms with van der Waals surface area (Å²) in [5, 5.41) is 0. The highest BCUT2D eigenvalue weighted by atomic mass is 16.5. The Balaban J connectivity index is 1.34. The van der Waals surface area contributed by atoms with E-state index in [1.54, 1.807) is 30.9 Å². The Kier molecular flexibility index (Phi) is 8.78. The highest BCUT2D eigenvalue weighted by Gasteiger charge is 2.34. The van der Waals surface area contributed by atoms with Gasteiger partial charge in [0, 0.05) is 64.0 Å². The van der Waals surface area contributed by atoms with E-state index in [0.29, 0.717) is 17.9 Å². The molecular weight excluding hydrogens is 520 g/mol. The van der Waals surface area contributed by atoms with Crippen molar-refractivity contribution in [2.45, 2.75) is 38.9 Å². The standard InChI is InChI=1S/C31H40N6O4/c1-21-20-37(26-18-30(38)34(5)25-8-10-29(32-4)33-31(25)26)22(2)19-36(21)23(3)24-7-9-27(39-6)28(17-24)41-16-13-35-11-14-40-15-12-35/h7-10,17-18,21-23H,11-16,19-20H2,1-3,5-6H3/t21-,22+,23?/m1/s1. The van der Waals surface area contributed by atoms with Crippen LogP contribution in [0.2, 0.25) is 0 Å². The van der Waals surface area contributed by atoms with E-state index in [1.807, 2.05) is 12.1 Å². The van der Waals surface area contributed by atoms with Gasteiger partial charge in [0.25, 0.3) is 11.4 Å². The van der Waals surface area contributed by atoms with E-state index >= 15 is 0 Å². The zero-order valence-corrected chi connectivity index (χ0v) is 24.7. The molecule has 1 unspecified atom stereocenters. The average Bonchev–Trinajstić information content (AvgIpc) is 2.99. The van der Waals surface area contributed by atoms with Gasteiger partial charge in [0.2, 0.25) is 5.52 Å². The van der Waals surface area contributed by atoms with Crippen LogP contribution in [0.25, 0.3) is 15.9 Å². The normalized spacial score (nSPS) is 21.0. The lowest BCUT2D eigenvalue weighted by molar-refractivity contribution is 0.0321. The van der Waals surface area contributed by atoms with Crippen LogP contribution in [0, 0.1) is 6.57 Å². The summed E-state index contributed by atoms with van der Waals surface area (Å²) in [5.41, 5.74) is 3.30. The third-order valence-electron chi connectivity index (χ3n) is 8.45. The molecule has 2 aromatic heterocycles. The minimum absolute atomic E-state index is 0.0834. The number of rotatable bonds is 8. The highest BCUT2D eigenvalue weighted by Crippen LogP contribution is 2.36. The Bertz CT molecular complexity index is 1480. The SMILES string of the molecule is [C-]#[N+]c1ccc2c(n1)c(N1C[C@@H](C)N(C(C)c3ccc(OC)c(OCCN4CCOCC4)c3)C[C@@H]1C)cc(=O)n2C. The quantitative estimate of drug-likeness (QED) is 0.385. The molecule has 218 valence electrons. The van der Waals surface area contributed by atoms with Crippen molar-refractivity contribution in [3.8, 4) is 11.5 Å². The van der Waals surface area contributed by atoms with E-state index < -0.39 is 0 Å². The summed E-state index contributed by atoms with van der Waals surface area (Å²) in [6.07, 6.45) is 0. The fourth-order valence-corrected chi connectivity index (χ4v) is 5.98. The second-order valence-corrected chi connectivity index (χ2v) is 11.0. The topological polar surface area (TPSA) is 76.7 Å². The number of piperazine rings is 1. The molecule has 3 atom stereocenters. The van der Waals surface area contributed by atoms with Crippen molar-refractivity contribution in [3.05, 3.63) is 63.7 Å². The van der Waals surface area contributed by atoms with Gasteiger partial charge in [-0.3, -0.25) is 14.6 Å². The fraction of sp³-hybridized carbons (Fsp3) is 0.516. The number of benzene rings is 1. The Hall–Kier alpha value is -3.65. The van der Waals surface area contributed by atoms with Crippen molar-refractivity contribution in [1.29, 1.82) is 0 Å². The molecule has 2 fully saturated rings. The summed E-state index contributed by atoms with van der Waals surface area (Å²) in [6, 6.07) is 11.8. The van der Waals surface area contributed by atoms with Gasteiger partial charge in [0.15, 0.2) is 11.5 Å².